The number of para-hydroxylation sites is 1. The van der Waals surface area contributed by atoms with Gasteiger partial charge in [0.05, 0.1) is 0 Å². The Morgan fingerprint density at radius 3 is 2.53 bits per heavy atom. The van der Waals surface area contributed by atoms with Crippen molar-refractivity contribution in [1.82, 2.24) is 5.32 Å². The number of carbonyl (C=O) groups excluding carboxylic acids is 1. The number of carbonyl (C=O) groups is 2. The first-order valence-corrected chi connectivity index (χ1v) is 6.01. The number of aliphatic carboxylic acids is 1. The number of rotatable bonds is 4. The number of fused-ring (bicyclic) bond motifs is 1. The number of furan rings is 1. The summed E-state index contributed by atoms with van der Waals surface area (Å²) in [4.78, 5) is 23.0. The van der Waals surface area contributed by atoms with E-state index >= 15 is 0 Å². The molecule has 1 aromatic heterocycles. The highest BCUT2D eigenvalue weighted by atomic mass is 16.4. The maximum absolute atomic E-state index is 12.0. The van der Waals surface area contributed by atoms with E-state index in [1.807, 2.05) is 18.2 Å². The van der Waals surface area contributed by atoms with Gasteiger partial charge in [0.25, 0.3) is 5.91 Å². The fourth-order valence-electron chi connectivity index (χ4n) is 1.82. The molecule has 0 radical (unpaired) electrons. The summed E-state index contributed by atoms with van der Waals surface area (Å²) < 4.78 is 5.39. The number of carboxylic acids is 1. The van der Waals surface area contributed by atoms with E-state index in [4.69, 9.17) is 9.52 Å². The van der Waals surface area contributed by atoms with E-state index in [-0.39, 0.29) is 11.7 Å². The molecule has 0 aliphatic rings. The second-order valence-electron chi connectivity index (χ2n) is 4.68. The normalized spacial score (nSPS) is 12.6. The molecule has 0 fully saturated rings. The molecule has 5 heteroatoms. The van der Waals surface area contributed by atoms with E-state index in [1.54, 1.807) is 26.0 Å². The molecule has 5 nitrogen and oxygen atoms in total. The van der Waals surface area contributed by atoms with E-state index in [1.165, 1.54) is 0 Å². The zero-order valence-corrected chi connectivity index (χ0v) is 10.7. The van der Waals surface area contributed by atoms with Gasteiger partial charge in [-0.25, -0.2) is 4.79 Å². The van der Waals surface area contributed by atoms with Crippen LogP contribution in [-0.2, 0) is 4.79 Å². The topological polar surface area (TPSA) is 79.5 Å². The Morgan fingerprint density at radius 2 is 1.95 bits per heavy atom. The van der Waals surface area contributed by atoms with Gasteiger partial charge in [-0.2, -0.15) is 0 Å². The van der Waals surface area contributed by atoms with Crippen LogP contribution in [0.4, 0.5) is 0 Å². The van der Waals surface area contributed by atoms with Crippen LogP contribution in [0.15, 0.2) is 34.7 Å². The summed E-state index contributed by atoms with van der Waals surface area (Å²) in [5.74, 6) is -1.66. The average molecular weight is 261 g/mol. The Labute approximate surface area is 110 Å². The fraction of sp³-hybridized carbons (Fsp3) is 0.286. The summed E-state index contributed by atoms with van der Waals surface area (Å²) in [6, 6.07) is 7.90. The molecule has 2 aromatic rings. The van der Waals surface area contributed by atoms with Crippen molar-refractivity contribution in [1.29, 1.82) is 0 Å². The third-order valence-corrected chi connectivity index (χ3v) is 2.87. The lowest BCUT2D eigenvalue weighted by molar-refractivity contribution is -0.140. The zero-order valence-electron chi connectivity index (χ0n) is 10.7. The second kappa shape index (κ2) is 5.14. The molecule has 1 amide bonds. The zero-order chi connectivity index (χ0) is 14.0. The molecular formula is C14H15NO4. The van der Waals surface area contributed by atoms with Gasteiger partial charge in [0.15, 0.2) is 5.76 Å². The molecule has 1 heterocycles. The quantitative estimate of drug-likeness (QED) is 0.884. The molecule has 0 unspecified atom stereocenters. The number of carboxylic acid groups (broad SMARTS) is 1. The summed E-state index contributed by atoms with van der Waals surface area (Å²) >= 11 is 0. The molecule has 100 valence electrons. The van der Waals surface area contributed by atoms with Crippen LogP contribution < -0.4 is 5.32 Å². The van der Waals surface area contributed by atoms with Gasteiger partial charge in [-0.1, -0.05) is 32.0 Å². The van der Waals surface area contributed by atoms with Gasteiger partial charge >= 0.3 is 5.97 Å². The molecule has 19 heavy (non-hydrogen) atoms. The smallest absolute Gasteiger partial charge is 0.326 e. The Morgan fingerprint density at radius 1 is 1.26 bits per heavy atom. The van der Waals surface area contributed by atoms with E-state index in [9.17, 15) is 9.59 Å². The standard InChI is InChI=1S/C14H15NO4/c1-8(2)12(14(17)18)15-13(16)11-7-9-5-3-4-6-10(9)19-11/h3-8,12H,1-2H3,(H,15,16)(H,17,18)/t12-/m0/s1. The highest BCUT2D eigenvalue weighted by Gasteiger charge is 2.25. The molecule has 2 rings (SSSR count). The molecule has 0 saturated heterocycles. The van der Waals surface area contributed by atoms with Gasteiger partial charge < -0.3 is 14.8 Å². The molecule has 1 atom stereocenters. The first-order valence-electron chi connectivity index (χ1n) is 6.01. The monoisotopic (exact) mass is 261 g/mol. The molecule has 0 aliphatic carbocycles. The van der Waals surface area contributed by atoms with Gasteiger partial charge in [-0.15, -0.1) is 0 Å². The Hall–Kier alpha value is -2.30. The maximum atomic E-state index is 12.0. The Kier molecular flexibility index (Phi) is 3.55. The number of hydrogen-bond donors (Lipinski definition) is 2. The van der Waals surface area contributed by atoms with Gasteiger partial charge in [-0.05, 0) is 18.1 Å². The number of nitrogens with one attached hydrogen (secondary N) is 1. The van der Waals surface area contributed by atoms with Crippen LogP contribution in [0.2, 0.25) is 0 Å². The largest absolute Gasteiger partial charge is 0.480 e. The third kappa shape index (κ3) is 2.76. The van der Waals surface area contributed by atoms with Crippen molar-refractivity contribution in [2.75, 3.05) is 0 Å². The van der Waals surface area contributed by atoms with Crippen LogP contribution in [0.3, 0.4) is 0 Å². The lowest BCUT2D eigenvalue weighted by Gasteiger charge is -2.16. The van der Waals surface area contributed by atoms with Gasteiger partial charge in [-0.3, -0.25) is 4.79 Å². The van der Waals surface area contributed by atoms with E-state index in [0.717, 1.165) is 5.39 Å². The minimum atomic E-state index is -1.06. The van der Waals surface area contributed by atoms with E-state index in [0.29, 0.717) is 5.58 Å². The van der Waals surface area contributed by atoms with Crippen molar-refractivity contribution in [2.45, 2.75) is 19.9 Å². The van der Waals surface area contributed by atoms with E-state index < -0.39 is 17.9 Å². The van der Waals surface area contributed by atoms with Crippen molar-refractivity contribution >= 4 is 22.8 Å². The molecule has 0 bridgehead atoms. The Bertz CT molecular complexity index is 582. The highest BCUT2D eigenvalue weighted by Crippen LogP contribution is 2.19. The summed E-state index contributed by atoms with van der Waals surface area (Å²) in [5, 5.41) is 12.3. The number of hydrogen-bond acceptors (Lipinski definition) is 3. The number of benzene rings is 1. The van der Waals surface area contributed by atoms with Crippen LogP contribution in [0.1, 0.15) is 24.4 Å². The minimum absolute atomic E-state index is 0.119. The van der Waals surface area contributed by atoms with E-state index in [2.05, 4.69) is 5.32 Å². The molecular weight excluding hydrogens is 246 g/mol. The molecule has 0 saturated carbocycles. The first-order chi connectivity index (χ1) is 8.99. The van der Waals surface area contributed by atoms with Crippen LogP contribution in [-0.4, -0.2) is 23.0 Å². The predicted octanol–water partition coefficient (Wildman–Crippen LogP) is 2.27. The van der Waals surface area contributed by atoms with Crippen molar-refractivity contribution in [3.8, 4) is 0 Å². The van der Waals surface area contributed by atoms with Crippen molar-refractivity contribution in [3.63, 3.8) is 0 Å². The van der Waals surface area contributed by atoms with Crippen molar-refractivity contribution in [3.05, 3.63) is 36.1 Å². The molecule has 0 spiro atoms. The van der Waals surface area contributed by atoms with Gasteiger partial charge in [0.2, 0.25) is 0 Å². The summed E-state index contributed by atoms with van der Waals surface area (Å²) in [5.41, 5.74) is 0.601. The van der Waals surface area contributed by atoms with Crippen molar-refractivity contribution < 1.29 is 19.1 Å². The minimum Gasteiger partial charge on any atom is -0.480 e. The number of amides is 1. The third-order valence-electron chi connectivity index (χ3n) is 2.87. The van der Waals surface area contributed by atoms with Crippen molar-refractivity contribution in [2.24, 2.45) is 5.92 Å². The first kappa shape index (κ1) is 13.1. The van der Waals surface area contributed by atoms with Gasteiger partial charge in [0.1, 0.15) is 11.6 Å². The van der Waals surface area contributed by atoms with Crippen LogP contribution in [0.25, 0.3) is 11.0 Å². The van der Waals surface area contributed by atoms with Gasteiger partial charge in [0, 0.05) is 5.39 Å². The molecule has 0 aliphatic heterocycles. The maximum Gasteiger partial charge on any atom is 0.326 e. The SMILES string of the molecule is CC(C)[C@H](NC(=O)c1cc2ccccc2o1)C(=O)O. The summed E-state index contributed by atoms with van der Waals surface area (Å²) in [7, 11) is 0. The van der Waals surface area contributed by atoms with Crippen LogP contribution >= 0.6 is 0 Å². The predicted molar refractivity (Wildman–Crippen MR) is 69.9 cm³/mol. The lowest BCUT2D eigenvalue weighted by atomic mass is 10.0. The lowest BCUT2D eigenvalue weighted by Crippen LogP contribution is -2.44. The summed E-state index contributed by atoms with van der Waals surface area (Å²) in [6.45, 7) is 3.47. The average Bonchev–Trinajstić information content (AvgIpc) is 2.78. The van der Waals surface area contributed by atoms with Crippen LogP contribution in [0.5, 0.6) is 0 Å². The summed E-state index contributed by atoms with van der Waals surface area (Å²) in [6.07, 6.45) is 0. The van der Waals surface area contributed by atoms with Crippen LogP contribution in [0, 0.1) is 5.92 Å². The molecule has 2 N–H and O–H groups in total. The second-order valence-corrected chi connectivity index (χ2v) is 4.68. The fourth-order valence-corrected chi connectivity index (χ4v) is 1.82. The Balaban J connectivity index is 2.21. The highest BCUT2D eigenvalue weighted by molar-refractivity contribution is 5.97. The molecule has 1 aromatic carbocycles.